The van der Waals surface area contributed by atoms with Crippen molar-refractivity contribution in [1.82, 2.24) is 0 Å². The van der Waals surface area contributed by atoms with Gasteiger partial charge in [-0.25, -0.2) is 0 Å². The number of hydrogen-bond donors (Lipinski definition) is 2. The van der Waals surface area contributed by atoms with Crippen LogP contribution in [-0.4, -0.2) is 5.91 Å². The summed E-state index contributed by atoms with van der Waals surface area (Å²) >= 11 is 0. The molecule has 2 rings (SSSR count). The fourth-order valence-corrected chi connectivity index (χ4v) is 2.07. The molecule has 5 heteroatoms. The van der Waals surface area contributed by atoms with E-state index in [1.807, 2.05) is 19.9 Å². The van der Waals surface area contributed by atoms with Crippen LogP contribution in [-0.2, 0) is 0 Å². The van der Waals surface area contributed by atoms with Gasteiger partial charge >= 0.3 is 0 Å². The van der Waals surface area contributed by atoms with Crippen LogP contribution in [0, 0.1) is 25.2 Å². The fourth-order valence-electron chi connectivity index (χ4n) is 2.07. The molecule has 4 N–H and O–H groups in total. The highest BCUT2D eigenvalue weighted by atomic mass is 16.5. The summed E-state index contributed by atoms with van der Waals surface area (Å²) in [5, 5.41) is 8.82. The van der Waals surface area contributed by atoms with Gasteiger partial charge in [0.2, 0.25) is 5.91 Å². The van der Waals surface area contributed by atoms with E-state index in [0.717, 1.165) is 11.1 Å². The number of carbonyl (C=O) groups is 1. The third kappa shape index (κ3) is 2.95. The van der Waals surface area contributed by atoms with Crippen LogP contribution in [0.15, 0.2) is 30.3 Å². The van der Waals surface area contributed by atoms with Gasteiger partial charge in [0.15, 0.2) is 0 Å². The molecule has 0 atom stereocenters. The van der Waals surface area contributed by atoms with Crippen LogP contribution in [0.5, 0.6) is 11.5 Å². The number of primary amides is 1. The molecule has 0 radical (unpaired) electrons. The Bertz CT molecular complexity index is 738. The van der Waals surface area contributed by atoms with Gasteiger partial charge in [-0.05, 0) is 55.3 Å². The molecule has 0 spiro atoms. The van der Waals surface area contributed by atoms with Gasteiger partial charge in [0.1, 0.15) is 11.5 Å². The summed E-state index contributed by atoms with van der Waals surface area (Å²) < 4.78 is 5.82. The van der Waals surface area contributed by atoms with Crippen LogP contribution >= 0.6 is 0 Å². The van der Waals surface area contributed by atoms with Crippen molar-refractivity contribution in [1.29, 1.82) is 5.26 Å². The molecule has 0 bridgehead atoms. The highest BCUT2D eigenvalue weighted by Gasteiger charge is 2.12. The van der Waals surface area contributed by atoms with E-state index >= 15 is 0 Å². The Morgan fingerprint density at radius 1 is 1.19 bits per heavy atom. The monoisotopic (exact) mass is 281 g/mol. The maximum absolute atomic E-state index is 11.2. The summed E-state index contributed by atoms with van der Waals surface area (Å²) in [5.74, 6) is 0.606. The first-order valence-electron chi connectivity index (χ1n) is 6.31. The van der Waals surface area contributed by atoms with Crippen molar-refractivity contribution in [2.75, 3.05) is 5.73 Å². The first-order chi connectivity index (χ1) is 9.92. The molecule has 0 aliphatic heterocycles. The van der Waals surface area contributed by atoms with Gasteiger partial charge in [-0.1, -0.05) is 0 Å². The fraction of sp³-hybridized carbons (Fsp3) is 0.125. The number of nitrogen functional groups attached to an aromatic ring is 1. The highest BCUT2D eigenvalue weighted by molar-refractivity contribution is 5.93. The van der Waals surface area contributed by atoms with Crippen molar-refractivity contribution < 1.29 is 9.53 Å². The van der Waals surface area contributed by atoms with Crippen molar-refractivity contribution >= 4 is 11.6 Å². The van der Waals surface area contributed by atoms with E-state index in [9.17, 15) is 4.79 Å². The Morgan fingerprint density at radius 2 is 1.81 bits per heavy atom. The van der Waals surface area contributed by atoms with E-state index in [0.29, 0.717) is 28.3 Å². The number of anilines is 1. The average Bonchev–Trinajstić information content (AvgIpc) is 2.43. The van der Waals surface area contributed by atoms with Crippen LogP contribution in [0.25, 0.3) is 0 Å². The molecule has 0 unspecified atom stereocenters. The van der Waals surface area contributed by atoms with Crippen molar-refractivity contribution in [3.05, 3.63) is 52.6 Å². The van der Waals surface area contributed by atoms with Crippen LogP contribution < -0.4 is 16.2 Å². The van der Waals surface area contributed by atoms with E-state index in [1.54, 1.807) is 30.3 Å². The SMILES string of the molecule is Cc1cc(C(N)=O)cc(C)c1Oc1ccc(C#N)cc1N. The third-order valence-electron chi connectivity index (χ3n) is 3.10. The lowest BCUT2D eigenvalue weighted by Crippen LogP contribution is -2.11. The number of nitriles is 1. The molecule has 1 amide bonds. The standard InChI is InChI=1S/C16H15N3O2/c1-9-5-12(16(19)20)6-10(2)15(9)21-14-4-3-11(8-17)7-13(14)18/h3-7H,18H2,1-2H3,(H2,19,20). The van der Waals surface area contributed by atoms with E-state index in [4.69, 9.17) is 21.5 Å². The Labute approximate surface area is 122 Å². The minimum atomic E-state index is -0.481. The molecule has 0 saturated heterocycles. The van der Waals surface area contributed by atoms with Gasteiger partial charge < -0.3 is 16.2 Å². The molecule has 0 aliphatic carbocycles. The molecule has 2 aromatic carbocycles. The van der Waals surface area contributed by atoms with Gasteiger partial charge in [0.25, 0.3) is 0 Å². The van der Waals surface area contributed by atoms with Crippen molar-refractivity contribution in [2.45, 2.75) is 13.8 Å². The van der Waals surface area contributed by atoms with E-state index in [1.165, 1.54) is 0 Å². The summed E-state index contributed by atoms with van der Waals surface area (Å²) in [6.07, 6.45) is 0. The van der Waals surface area contributed by atoms with Gasteiger partial charge in [-0.2, -0.15) is 5.26 Å². The largest absolute Gasteiger partial charge is 0.455 e. The van der Waals surface area contributed by atoms with E-state index in [2.05, 4.69) is 0 Å². The number of hydrogen-bond acceptors (Lipinski definition) is 4. The second-order valence-electron chi connectivity index (χ2n) is 4.77. The van der Waals surface area contributed by atoms with E-state index < -0.39 is 5.91 Å². The molecule has 0 fully saturated rings. The summed E-state index contributed by atoms with van der Waals surface area (Å²) in [4.78, 5) is 11.2. The number of carbonyl (C=O) groups excluding carboxylic acids is 1. The lowest BCUT2D eigenvalue weighted by Gasteiger charge is -2.14. The molecule has 0 heterocycles. The Morgan fingerprint density at radius 3 is 2.29 bits per heavy atom. The number of ether oxygens (including phenoxy) is 1. The minimum absolute atomic E-state index is 0.381. The van der Waals surface area contributed by atoms with Crippen molar-refractivity contribution in [3.63, 3.8) is 0 Å². The quantitative estimate of drug-likeness (QED) is 0.844. The summed E-state index contributed by atoms with van der Waals surface area (Å²) in [6.45, 7) is 3.66. The van der Waals surface area contributed by atoms with Crippen molar-refractivity contribution in [3.8, 4) is 17.6 Å². The third-order valence-corrected chi connectivity index (χ3v) is 3.10. The Kier molecular flexibility index (Phi) is 3.81. The zero-order chi connectivity index (χ0) is 15.6. The lowest BCUT2D eigenvalue weighted by molar-refractivity contribution is 0.1000. The number of aryl methyl sites for hydroxylation is 2. The second kappa shape index (κ2) is 5.55. The molecule has 0 aliphatic rings. The topological polar surface area (TPSA) is 102 Å². The summed E-state index contributed by atoms with van der Waals surface area (Å²) in [6, 6.07) is 10.2. The molecule has 5 nitrogen and oxygen atoms in total. The Hall–Kier alpha value is -3.00. The van der Waals surface area contributed by atoms with Gasteiger partial charge in [-0.15, -0.1) is 0 Å². The molecule has 2 aromatic rings. The smallest absolute Gasteiger partial charge is 0.248 e. The zero-order valence-corrected chi connectivity index (χ0v) is 11.8. The minimum Gasteiger partial charge on any atom is -0.455 e. The summed E-state index contributed by atoms with van der Waals surface area (Å²) in [7, 11) is 0. The molecule has 0 saturated carbocycles. The number of rotatable bonds is 3. The summed E-state index contributed by atoms with van der Waals surface area (Å²) in [5.41, 5.74) is 14.0. The van der Waals surface area contributed by atoms with Crippen LogP contribution in [0.4, 0.5) is 5.69 Å². The molecule has 106 valence electrons. The van der Waals surface area contributed by atoms with Gasteiger partial charge in [0, 0.05) is 5.56 Å². The molecular weight excluding hydrogens is 266 g/mol. The molecular formula is C16H15N3O2. The van der Waals surface area contributed by atoms with Gasteiger partial charge in [-0.3, -0.25) is 4.79 Å². The van der Waals surface area contributed by atoms with E-state index in [-0.39, 0.29) is 0 Å². The lowest BCUT2D eigenvalue weighted by atomic mass is 10.1. The van der Waals surface area contributed by atoms with Crippen LogP contribution in [0.1, 0.15) is 27.0 Å². The van der Waals surface area contributed by atoms with Crippen LogP contribution in [0.2, 0.25) is 0 Å². The van der Waals surface area contributed by atoms with Crippen LogP contribution in [0.3, 0.4) is 0 Å². The van der Waals surface area contributed by atoms with Crippen molar-refractivity contribution in [2.24, 2.45) is 5.73 Å². The second-order valence-corrected chi connectivity index (χ2v) is 4.77. The predicted octanol–water partition coefficient (Wildman–Crippen LogP) is 2.65. The maximum Gasteiger partial charge on any atom is 0.248 e. The predicted molar refractivity (Wildman–Crippen MR) is 80.1 cm³/mol. The highest BCUT2D eigenvalue weighted by Crippen LogP contribution is 2.33. The number of nitrogens with zero attached hydrogens (tertiary/aromatic N) is 1. The number of benzene rings is 2. The van der Waals surface area contributed by atoms with Gasteiger partial charge in [0.05, 0.1) is 17.3 Å². The normalized spacial score (nSPS) is 9.95. The first kappa shape index (κ1) is 14.4. The zero-order valence-electron chi connectivity index (χ0n) is 11.8. The number of amides is 1. The molecule has 21 heavy (non-hydrogen) atoms. The number of nitrogens with two attached hydrogens (primary N) is 2. The first-order valence-corrected chi connectivity index (χ1v) is 6.31. The maximum atomic E-state index is 11.2. The average molecular weight is 281 g/mol. The molecule has 0 aromatic heterocycles. The Balaban J connectivity index is 2.41.